The molecule has 0 radical (unpaired) electrons. The van der Waals surface area contributed by atoms with Crippen LogP contribution in [0.3, 0.4) is 0 Å². The van der Waals surface area contributed by atoms with Gasteiger partial charge in [0.2, 0.25) is 0 Å². The van der Waals surface area contributed by atoms with Crippen LogP contribution in [-0.4, -0.2) is 47.6 Å². The summed E-state index contributed by atoms with van der Waals surface area (Å²) >= 11 is 0. The first-order chi connectivity index (χ1) is 11.9. The van der Waals surface area contributed by atoms with Crippen LogP contribution in [0.25, 0.3) is 0 Å². The van der Waals surface area contributed by atoms with Gasteiger partial charge in [0.15, 0.2) is 0 Å². The van der Waals surface area contributed by atoms with Crippen molar-refractivity contribution in [3.63, 3.8) is 0 Å². The summed E-state index contributed by atoms with van der Waals surface area (Å²) in [6.45, 7) is 10.0. The second-order valence-corrected chi connectivity index (χ2v) is 11.1. The summed E-state index contributed by atoms with van der Waals surface area (Å²) in [5, 5.41) is 0. The maximum Gasteiger partial charge on any atom is 0.0259 e. The largest absolute Gasteiger partial charge is 0.300 e. The minimum Gasteiger partial charge on any atom is -0.300 e. The molecule has 0 spiro atoms. The van der Waals surface area contributed by atoms with Crippen molar-refractivity contribution in [2.24, 2.45) is 35.0 Å². The number of rotatable bonds is 8. The van der Waals surface area contributed by atoms with E-state index < -0.39 is 0 Å². The van der Waals surface area contributed by atoms with E-state index in [0.717, 1.165) is 47.7 Å². The molecule has 142 valence electrons. The van der Waals surface area contributed by atoms with Gasteiger partial charge < -0.3 is 0 Å². The van der Waals surface area contributed by atoms with E-state index in [9.17, 15) is 0 Å². The molecule has 9 atom stereocenters. The summed E-state index contributed by atoms with van der Waals surface area (Å²) in [7, 11) is 4.86. The molecule has 2 heteroatoms. The van der Waals surface area contributed by atoms with Gasteiger partial charge in [0.05, 0.1) is 0 Å². The molecule has 5 rings (SSSR count). The third-order valence-corrected chi connectivity index (χ3v) is 9.97. The number of nitrogens with zero attached hydrogens (tertiary/aromatic N) is 2. The lowest BCUT2D eigenvalue weighted by Crippen LogP contribution is -2.65. The number of hydrogen-bond acceptors (Lipinski definition) is 2. The molecule has 2 saturated heterocycles. The second-order valence-electron chi connectivity index (χ2n) is 11.1. The summed E-state index contributed by atoms with van der Waals surface area (Å²) in [5.41, 5.74) is 1.17. The topological polar surface area (TPSA) is 6.48 Å². The highest BCUT2D eigenvalue weighted by molar-refractivity contribution is 5.28. The molecule has 0 amide bonds. The van der Waals surface area contributed by atoms with E-state index in [4.69, 9.17) is 0 Å². The maximum atomic E-state index is 2.81. The van der Waals surface area contributed by atoms with Crippen molar-refractivity contribution in [1.82, 2.24) is 9.80 Å². The van der Waals surface area contributed by atoms with Crippen molar-refractivity contribution < 1.29 is 0 Å². The lowest BCUT2D eigenvalue weighted by Gasteiger charge is -2.58. The summed E-state index contributed by atoms with van der Waals surface area (Å²) < 4.78 is 0. The lowest BCUT2D eigenvalue weighted by atomic mass is 9.62. The lowest BCUT2D eigenvalue weighted by molar-refractivity contribution is -0.0858. The van der Waals surface area contributed by atoms with Crippen molar-refractivity contribution in [2.45, 2.75) is 96.3 Å². The maximum absolute atomic E-state index is 2.81. The van der Waals surface area contributed by atoms with E-state index in [0.29, 0.717) is 11.0 Å². The third-order valence-electron chi connectivity index (χ3n) is 9.97. The van der Waals surface area contributed by atoms with E-state index in [1.807, 2.05) is 0 Å². The van der Waals surface area contributed by atoms with Gasteiger partial charge in [-0.05, 0) is 88.1 Å². The molecule has 2 aliphatic heterocycles. The van der Waals surface area contributed by atoms with Gasteiger partial charge in [-0.25, -0.2) is 0 Å². The van der Waals surface area contributed by atoms with Gasteiger partial charge in [-0.1, -0.05) is 33.6 Å². The fraction of sp³-hybridized carbons (Fsp3) is 1.00. The highest BCUT2D eigenvalue weighted by Gasteiger charge is 2.75. The second kappa shape index (κ2) is 5.25. The fourth-order valence-corrected chi connectivity index (χ4v) is 8.06. The molecule has 9 unspecified atom stereocenters. The van der Waals surface area contributed by atoms with Gasteiger partial charge in [0.25, 0.3) is 0 Å². The number of fused-ring (bicyclic) bond motifs is 2. The van der Waals surface area contributed by atoms with Gasteiger partial charge >= 0.3 is 0 Å². The smallest absolute Gasteiger partial charge is 0.0259 e. The molecule has 2 nitrogen and oxygen atoms in total. The van der Waals surface area contributed by atoms with Gasteiger partial charge in [-0.15, -0.1) is 0 Å². The normalized spacial score (nSPS) is 54.4. The first-order valence-corrected chi connectivity index (χ1v) is 11.3. The average molecular weight is 345 g/mol. The van der Waals surface area contributed by atoms with Crippen LogP contribution in [0.2, 0.25) is 0 Å². The van der Waals surface area contributed by atoms with Gasteiger partial charge in [0, 0.05) is 23.7 Å². The molecule has 2 heterocycles. The van der Waals surface area contributed by atoms with Crippen LogP contribution in [0, 0.1) is 35.0 Å². The predicted octanol–water partition coefficient (Wildman–Crippen LogP) is 4.64. The Labute approximate surface area is 155 Å². The first-order valence-electron chi connectivity index (χ1n) is 11.3. The SMILES string of the molecule is CCCCC1(C(CC2C3CC3N2C)C2(C)C3CC3N2C)CC1C(C)C. The quantitative estimate of drug-likeness (QED) is 0.633. The minimum atomic E-state index is 0.503. The Morgan fingerprint density at radius 2 is 1.88 bits per heavy atom. The predicted molar refractivity (Wildman–Crippen MR) is 105 cm³/mol. The molecule has 0 N–H and O–H groups in total. The molecular weight excluding hydrogens is 304 g/mol. The van der Waals surface area contributed by atoms with Crippen LogP contribution in [0.4, 0.5) is 0 Å². The number of likely N-dealkylation sites (tertiary alicyclic amines) is 2. The van der Waals surface area contributed by atoms with E-state index in [1.54, 1.807) is 0 Å². The molecule has 0 bridgehead atoms. The fourth-order valence-electron chi connectivity index (χ4n) is 8.06. The average Bonchev–Trinajstić information content (AvgIpc) is 3.47. The highest BCUT2D eigenvalue weighted by Crippen LogP contribution is 2.74. The zero-order chi connectivity index (χ0) is 17.7. The van der Waals surface area contributed by atoms with E-state index >= 15 is 0 Å². The van der Waals surface area contributed by atoms with Crippen molar-refractivity contribution in [3.8, 4) is 0 Å². The Kier molecular flexibility index (Phi) is 3.58. The molecule has 5 fully saturated rings. The van der Waals surface area contributed by atoms with Crippen LogP contribution < -0.4 is 0 Å². The van der Waals surface area contributed by atoms with Crippen LogP contribution >= 0.6 is 0 Å². The van der Waals surface area contributed by atoms with Crippen molar-refractivity contribution in [3.05, 3.63) is 0 Å². The van der Waals surface area contributed by atoms with Crippen LogP contribution in [-0.2, 0) is 0 Å². The zero-order valence-electron chi connectivity index (χ0n) is 17.5. The Hall–Kier alpha value is -0.0800. The van der Waals surface area contributed by atoms with Gasteiger partial charge in [-0.2, -0.15) is 0 Å². The molecule has 0 aromatic heterocycles. The van der Waals surface area contributed by atoms with Gasteiger partial charge in [0.1, 0.15) is 0 Å². The molecule has 3 saturated carbocycles. The van der Waals surface area contributed by atoms with Crippen molar-refractivity contribution in [2.75, 3.05) is 14.1 Å². The Morgan fingerprint density at radius 3 is 2.36 bits per heavy atom. The Bertz CT molecular complexity index is 558. The summed E-state index contributed by atoms with van der Waals surface area (Å²) in [6.07, 6.45) is 10.3. The van der Waals surface area contributed by atoms with Gasteiger partial charge in [-0.3, -0.25) is 9.80 Å². The zero-order valence-corrected chi connectivity index (χ0v) is 17.5. The van der Waals surface area contributed by atoms with Crippen molar-refractivity contribution >= 4 is 0 Å². The first kappa shape index (κ1) is 17.0. The summed E-state index contributed by atoms with van der Waals surface area (Å²) in [4.78, 5) is 5.55. The molecule has 5 aliphatic rings. The molecule has 0 aromatic rings. The summed E-state index contributed by atoms with van der Waals surface area (Å²) in [5.74, 6) is 4.89. The van der Waals surface area contributed by atoms with Crippen LogP contribution in [0.5, 0.6) is 0 Å². The van der Waals surface area contributed by atoms with E-state index in [-0.39, 0.29) is 0 Å². The van der Waals surface area contributed by atoms with Crippen molar-refractivity contribution in [1.29, 1.82) is 0 Å². The highest BCUT2D eigenvalue weighted by atomic mass is 15.3. The van der Waals surface area contributed by atoms with Crippen LogP contribution in [0.15, 0.2) is 0 Å². The Balaban J connectivity index is 1.44. The molecule has 25 heavy (non-hydrogen) atoms. The van der Waals surface area contributed by atoms with E-state index in [1.165, 1.54) is 44.9 Å². The van der Waals surface area contributed by atoms with E-state index in [2.05, 4.69) is 51.6 Å². The van der Waals surface area contributed by atoms with Crippen LogP contribution in [0.1, 0.15) is 72.6 Å². The molecule has 0 aromatic carbocycles. The molecular formula is C23H40N2. The number of hydrogen-bond donors (Lipinski definition) is 0. The monoisotopic (exact) mass is 344 g/mol. The minimum absolute atomic E-state index is 0.503. The third kappa shape index (κ3) is 2.10. The Morgan fingerprint density at radius 1 is 1.12 bits per heavy atom. The molecule has 3 aliphatic carbocycles. The standard InChI is InChI=1S/C23H40N2/c1-7-8-9-23(13-17(23)14(2)3)21(12-19-15-10-18(15)24(19)5)22(4)16-11-20(16)25(22)6/h14-21H,7-13H2,1-6H3. The number of unbranched alkanes of at least 4 members (excludes halogenated alkanes) is 1. The summed E-state index contributed by atoms with van der Waals surface area (Å²) in [6, 6.07) is 2.82.